The van der Waals surface area contributed by atoms with Crippen molar-refractivity contribution < 1.29 is 9.21 Å². The van der Waals surface area contributed by atoms with Crippen LogP contribution in [-0.2, 0) is 0 Å². The van der Waals surface area contributed by atoms with E-state index in [1.807, 2.05) is 30.1 Å². The first-order chi connectivity index (χ1) is 12.0. The Labute approximate surface area is 160 Å². The van der Waals surface area contributed by atoms with Gasteiger partial charge in [-0.3, -0.25) is 4.79 Å². The van der Waals surface area contributed by atoms with E-state index in [0.29, 0.717) is 28.6 Å². The van der Waals surface area contributed by atoms with Gasteiger partial charge >= 0.3 is 0 Å². The smallest absolute Gasteiger partial charge is 0.298 e. The maximum absolute atomic E-state index is 12.9. The number of anilines is 1. The number of carbonyl (C=O) groups excluding carboxylic acids is 1. The van der Waals surface area contributed by atoms with Crippen LogP contribution < -0.4 is 10.2 Å². The van der Waals surface area contributed by atoms with Crippen LogP contribution in [0.25, 0.3) is 11.1 Å². The number of fused-ring (bicyclic) bond motifs is 4. The van der Waals surface area contributed by atoms with Crippen molar-refractivity contribution in [2.75, 3.05) is 31.6 Å². The van der Waals surface area contributed by atoms with Crippen molar-refractivity contribution in [2.24, 2.45) is 5.92 Å². The molecule has 3 fully saturated rings. The monoisotopic (exact) mass is 378 g/mol. The van der Waals surface area contributed by atoms with Crippen LogP contribution in [-0.4, -0.2) is 54.6 Å². The topological polar surface area (TPSA) is 61.6 Å². The van der Waals surface area contributed by atoms with Gasteiger partial charge in [-0.25, -0.2) is 0 Å². The van der Waals surface area contributed by atoms with E-state index in [1.165, 1.54) is 25.9 Å². The van der Waals surface area contributed by atoms with Crippen molar-refractivity contribution in [3.8, 4) is 0 Å². The van der Waals surface area contributed by atoms with E-state index in [2.05, 4.69) is 29.0 Å². The van der Waals surface area contributed by atoms with Gasteiger partial charge in [0.25, 0.3) is 11.9 Å². The lowest BCUT2D eigenvalue weighted by molar-refractivity contribution is 0.0621. The SMILES string of the molecule is CC(C)N(C)c1nc2c(C(=O)N[C@@H]3CN4CCC3CC4)cccc2o1.Cl. The highest BCUT2D eigenvalue weighted by Crippen LogP contribution is 2.29. The van der Waals surface area contributed by atoms with E-state index in [0.717, 1.165) is 6.54 Å². The number of hydrogen-bond donors (Lipinski definition) is 1. The number of amides is 1. The Morgan fingerprint density at radius 2 is 2.08 bits per heavy atom. The average molecular weight is 379 g/mol. The summed E-state index contributed by atoms with van der Waals surface area (Å²) in [6.45, 7) is 7.46. The van der Waals surface area contributed by atoms with Crippen LogP contribution in [0, 0.1) is 5.92 Å². The third-order valence-corrected chi connectivity index (χ3v) is 5.70. The molecule has 1 aromatic heterocycles. The molecule has 2 aromatic rings. The molecule has 4 heterocycles. The molecule has 1 aromatic carbocycles. The first-order valence-corrected chi connectivity index (χ1v) is 9.18. The first-order valence-electron chi connectivity index (χ1n) is 9.18. The van der Waals surface area contributed by atoms with Gasteiger partial charge in [0, 0.05) is 25.7 Å². The fraction of sp³-hybridized carbons (Fsp3) is 0.579. The van der Waals surface area contributed by atoms with Gasteiger partial charge in [-0.2, -0.15) is 4.98 Å². The summed E-state index contributed by atoms with van der Waals surface area (Å²) >= 11 is 0. The number of halogens is 1. The van der Waals surface area contributed by atoms with Crippen molar-refractivity contribution in [1.82, 2.24) is 15.2 Å². The minimum atomic E-state index is -0.0450. The second-order valence-electron chi connectivity index (χ2n) is 7.57. The van der Waals surface area contributed by atoms with Crippen molar-refractivity contribution >= 4 is 35.4 Å². The minimum Gasteiger partial charge on any atom is -0.423 e. The maximum atomic E-state index is 12.9. The molecule has 0 unspecified atom stereocenters. The van der Waals surface area contributed by atoms with Crippen LogP contribution in [0.5, 0.6) is 0 Å². The van der Waals surface area contributed by atoms with Gasteiger partial charge in [0.15, 0.2) is 5.58 Å². The molecule has 26 heavy (non-hydrogen) atoms. The molecule has 1 amide bonds. The van der Waals surface area contributed by atoms with Crippen molar-refractivity contribution in [3.63, 3.8) is 0 Å². The summed E-state index contributed by atoms with van der Waals surface area (Å²) in [5, 5.41) is 3.24. The number of hydrogen-bond acceptors (Lipinski definition) is 5. The number of oxazole rings is 1. The third-order valence-electron chi connectivity index (χ3n) is 5.70. The molecule has 0 radical (unpaired) electrons. The Bertz CT molecular complexity index is 783. The summed E-state index contributed by atoms with van der Waals surface area (Å²) in [5.74, 6) is 0.560. The van der Waals surface area contributed by atoms with Gasteiger partial charge in [-0.05, 0) is 57.8 Å². The zero-order chi connectivity index (χ0) is 17.6. The highest BCUT2D eigenvalue weighted by Gasteiger charge is 2.35. The lowest BCUT2D eigenvalue weighted by Gasteiger charge is -2.44. The summed E-state index contributed by atoms with van der Waals surface area (Å²) in [4.78, 5) is 21.9. The molecule has 5 rings (SSSR count). The van der Waals surface area contributed by atoms with E-state index >= 15 is 0 Å². The normalized spacial score (nSPS) is 24.5. The second-order valence-corrected chi connectivity index (χ2v) is 7.57. The van der Waals surface area contributed by atoms with Crippen molar-refractivity contribution in [2.45, 2.75) is 38.8 Å². The Hall–Kier alpha value is -1.79. The van der Waals surface area contributed by atoms with Crippen LogP contribution in [0.2, 0.25) is 0 Å². The summed E-state index contributed by atoms with van der Waals surface area (Å²) in [5.41, 5.74) is 1.90. The van der Waals surface area contributed by atoms with E-state index in [4.69, 9.17) is 4.42 Å². The number of benzene rings is 1. The predicted octanol–water partition coefficient (Wildman–Crippen LogP) is 2.92. The number of nitrogens with one attached hydrogen (secondary N) is 1. The molecular weight excluding hydrogens is 352 g/mol. The van der Waals surface area contributed by atoms with Gasteiger partial charge in [-0.15, -0.1) is 12.4 Å². The second kappa shape index (κ2) is 7.45. The van der Waals surface area contributed by atoms with E-state index in [1.54, 1.807) is 0 Å². The molecule has 6 nitrogen and oxygen atoms in total. The lowest BCUT2D eigenvalue weighted by Crippen LogP contribution is -2.57. The summed E-state index contributed by atoms with van der Waals surface area (Å²) in [7, 11) is 1.95. The van der Waals surface area contributed by atoms with E-state index in [9.17, 15) is 4.79 Å². The number of piperidine rings is 3. The Morgan fingerprint density at radius 3 is 2.69 bits per heavy atom. The van der Waals surface area contributed by atoms with Gasteiger partial charge in [-0.1, -0.05) is 6.07 Å². The number of rotatable bonds is 4. The molecule has 3 saturated heterocycles. The molecule has 2 bridgehead atoms. The van der Waals surface area contributed by atoms with Crippen LogP contribution in [0.3, 0.4) is 0 Å². The Morgan fingerprint density at radius 1 is 1.35 bits per heavy atom. The van der Waals surface area contributed by atoms with Gasteiger partial charge in [0.1, 0.15) is 5.52 Å². The highest BCUT2D eigenvalue weighted by molar-refractivity contribution is 6.04. The summed E-state index contributed by atoms with van der Waals surface area (Å²) < 4.78 is 5.85. The fourth-order valence-corrected chi connectivity index (χ4v) is 3.87. The molecular formula is C19H27ClN4O2. The zero-order valence-electron chi connectivity index (χ0n) is 15.6. The Kier molecular flexibility index (Phi) is 5.44. The quantitative estimate of drug-likeness (QED) is 0.886. The molecule has 142 valence electrons. The van der Waals surface area contributed by atoms with Gasteiger partial charge in [0.05, 0.1) is 5.56 Å². The molecule has 7 heteroatoms. The van der Waals surface area contributed by atoms with Crippen molar-refractivity contribution in [1.29, 1.82) is 0 Å². The molecule has 3 aliphatic rings. The number of para-hydroxylation sites is 1. The fourth-order valence-electron chi connectivity index (χ4n) is 3.87. The molecule has 0 saturated carbocycles. The Balaban J connectivity index is 0.00000196. The van der Waals surface area contributed by atoms with Crippen LogP contribution >= 0.6 is 12.4 Å². The molecule has 3 aliphatic heterocycles. The highest BCUT2D eigenvalue weighted by atomic mass is 35.5. The average Bonchev–Trinajstić information content (AvgIpc) is 3.06. The van der Waals surface area contributed by atoms with Crippen LogP contribution in [0.15, 0.2) is 22.6 Å². The number of aromatic nitrogens is 1. The van der Waals surface area contributed by atoms with E-state index < -0.39 is 0 Å². The van der Waals surface area contributed by atoms with Crippen LogP contribution in [0.1, 0.15) is 37.0 Å². The molecule has 1 atom stereocenters. The minimum absolute atomic E-state index is 0. The molecule has 0 spiro atoms. The first kappa shape index (κ1) is 19.0. The standard InChI is InChI=1S/C19H26N4O2.ClH/c1-12(2)22(3)19-21-17-14(5-4-6-16(17)25-19)18(24)20-15-11-23-9-7-13(15)8-10-23;/h4-6,12-13,15H,7-11H2,1-3H3,(H,20,24);1H/t15-;/m1./s1. The van der Waals surface area contributed by atoms with E-state index in [-0.39, 0.29) is 30.4 Å². The molecule has 1 N–H and O–H groups in total. The largest absolute Gasteiger partial charge is 0.423 e. The van der Waals surface area contributed by atoms with Gasteiger partial charge in [0.2, 0.25) is 0 Å². The van der Waals surface area contributed by atoms with Crippen LogP contribution in [0.4, 0.5) is 6.01 Å². The lowest BCUT2D eigenvalue weighted by atomic mass is 9.84. The van der Waals surface area contributed by atoms with Crippen molar-refractivity contribution in [3.05, 3.63) is 23.8 Å². The summed E-state index contributed by atoms with van der Waals surface area (Å²) in [6.07, 6.45) is 2.37. The number of carbonyl (C=O) groups is 1. The third kappa shape index (κ3) is 3.40. The number of nitrogens with zero attached hydrogens (tertiary/aromatic N) is 3. The summed E-state index contributed by atoms with van der Waals surface area (Å²) in [6, 6.07) is 6.63. The zero-order valence-corrected chi connectivity index (χ0v) is 16.4. The van der Waals surface area contributed by atoms with Gasteiger partial charge < -0.3 is 19.5 Å². The predicted molar refractivity (Wildman–Crippen MR) is 105 cm³/mol. The maximum Gasteiger partial charge on any atom is 0.298 e. The molecule has 0 aliphatic carbocycles.